The molecule has 3 heteroatoms. The predicted octanol–water partition coefficient (Wildman–Crippen LogP) is 3.23. The van der Waals surface area contributed by atoms with Gasteiger partial charge in [-0.05, 0) is 60.4 Å². The smallest absolute Gasteiger partial charge is 0.254 e. The van der Waals surface area contributed by atoms with Gasteiger partial charge in [-0.2, -0.15) is 0 Å². The van der Waals surface area contributed by atoms with Crippen LogP contribution < -0.4 is 0 Å². The molecular weight excluding hydrogens is 313 g/mol. The molecule has 2 rings (SSSR count). The van der Waals surface area contributed by atoms with Crippen LogP contribution in [0.2, 0.25) is 0 Å². The summed E-state index contributed by atoms with van der Waals surface area (Å²) in [5, 5.41) is 0. The second-order valence-corrected chi connectivity index (χ2v) is 5.37. The number of carbonyl (C=O) groups is 1. The zero-order valence-corrected chi connectivity index (χ0v) is 11.7. The van der Waals surface area contributed by atoms with Crippen molar-refractivity contribution >= 4 is 28.5 Å². The number of amides is 1. The minimum Gasteiger partial charge on any atom is -0.339 e. The first-order chi connectivity index (χ1) is 7.70. The Bertz CT molecular complexity index is 397. The normalized spacial score (nSPS) is 16.2. The van der Waals surface area contributed by atoms with E-state index in [1.54, 1.807) is 0 Å². The Balaban J connectivity index is 2.22. The highest BCUT2D eigenvalue weighted by atomic mass is 127. The summed E-state index contributed by atoms with van der Waals surface area (Å²) >= 11 is 2.27. The SMILES string of the molecule is Cc1cccc(C(=O)N2CCCCC2)c1I. The Morgan fingerprint density at radius 1 is 1.25 bits per heavy atom. The first kappa shape index (κ1) is 11.9. The Labute approximate surface area is 110 Å². The van der Waals surface area contributed by atoms with E-state index < -0.39 is 0 Å². The Hall–Kier alpha value is -0.580. The van der Waals surface area contributed by atoms with Crippen molar-refractivity contribution in [3.8, 4) is 0 Å². The number of halogens is 1. The van der Waals surface area contributed by atoms with Gasteiger partial charge in [0.05, 0.1) is 5.56 Å². The van der Waals surface area contributed by atoms with Crippen LogP contribution in [-0.4, -0.2) is 23.9 Å². The van der Waals surface area contributed by atoms with Crippen molar-refractivity contribution in [1.82, 2.24) is 4.90 Å². The van der Waals surface area contributed by atoms with E-state index in [4.69, 9.17) is 0 Å². The maximum Gasteiger partial charge on any atom is 0.254 e. The first-order valence-corrected chi connectivity index (χ1v) is 6.82. The maximum absolute atomic E-state index is 12.3. The summed E-state index contributed by atoms with van der Waals surface area (Å²) in [6.45, 7) is 3.89. The van der Waals surface area contributed by atoms with Crippen LogP contribution in [0.5, 0.6) is 0 Å². The molecule has 0 atom stereocenters. The molecule has 1 fully saturated rings. The van der Waals surface area contributed by atoms with Crippen molar-refractivity contribution in [1.29, 1.82) is 0 Å². The monoisotopic (exact) mass is 329 g/mol. The van der Waals surface area contributed by atoms with E-state index in [1.807, 2.05) is 17.0 Å². The second-order valence-electron chi connectivity index (χ2n) is 4.29. The van der Waals surface area contributed by atoms with Gasteiger partial charge in [-0.1, -0.05) is 12.1 Å². The van der Waals surface area contributed by atoms with Gasteiger partial charge in [-0.15, -0.1) is 0 Å². The third-order valence-corrected chi connectivity index (χ3v) is 4.50. The summed E-state index contributed by atoms with van der Waals surface area (Å²) in [6, 6.07) is 5.95. The second kappa shape index (κ2) is 5.17. The highest BCUT2D eigenvalue weighted by molar-refractivity contribution is 14.1. The lowest BCUT2D eigenvalue weighted by Gasteiger charge is -2.27. The van der Waals surface area contributed by atoms with E-state index in [2.05, 4.69) is 35.6 Å². The van der Waals surface area contributed by atoms with Gasteiger partial charge in [-0.25, -0.2) is 0 Å². The third kappa shape index (κ3) is 2.39. The molecule has 0 unspecified atom stereocenters. The van der Waals surface area contributed by atoms with E-state index >= 15 is 0 Å². The molecule has 1 aromatic rings. The van der Waals surface area contributed by atoms with Gasteiger partial charge in [0, 0.05) is 16.7 Å². The third-order valence-electron chi connectivity index (χ3n) is 3.07. The minimum atomic E-state index is 0.202. The summed E-state index contributed by atoms with van der Waals surface area (Å²) < 4.78 is 1.09. The summed E-state index contributed by atoms with van der Waals surface area (Å²) in [7, 11) is 0. The van der Waals surface area contributed by atoms with Gasteiger partial charge in [0.1, 0.15) is 0 Å². The lowest BCUT2D eigenvalue weighted by atomic mass is 10.1. The van der Waals surface area contributed by atoms with Gasteiger partial charge in [0.2, 0.25) is 0 Å². The summed E-state index contributed by atoms with van der Waals surface area (Å²) in [4.78, 5) is 14.3. The predicted molar refractivity (Wildman–Crippen MR) is 73.7 cm³/mol. The Morgan fingerprint density at radius 2 is 1.94 bits per heavy atom. The minimum absolute atomic E-state index is 0.202. The molecule has 1 heterocycles. The Kier molecular flexibility index (Phi) is 3.84. The molecule has 1 amide bonds. The van der Waals surface area contributed by atoms with Crippen LogP contribution in [0.15, 0.2) is 18.2 Å². The molecule has 0 saturated carbocycles. The highest BCUT2D eigenvalue weighted by Crippen LogP contribution is 2.20. The number of rotatable bonds is 1. The van der Waals surface area contributed by atoms with E-state index in [9.17, 15) is 4.79 Å². The fourth-order valence-electron chi connectivity index (χ4n) is 2.08. The van der Waals surface area contributed by atoms with Crippen LogP contribution in [0.1, 0.15) is 35.2 Å². The summed E-state index contributed by atoms with van der Waals surface area (Å²) in [6.07, 6.45) is 3.55. The summed E-state index contributed by atoms with van der Waals surface area (Å²) in [5.41, 5.74) is 2.05. The molecule has 0 radical (unpaired) electrons. The van der Waals surface area contributed by atoms with Gasteiger partial charge in [0.15, 0.2) is 0 Å². The number of aryl methyl sites for hydroxylation is 1. The van der Waals surface area contributed by atoms with Crippen LogP contribution in [0, 0.1) is 10.5 Å². The van der Waals surface area contributed by atoms with Crippen LogP contribution in [0.4, 0.5) is 0 Å². The molecule has 0 spiro atoms. The highest BCUT2D eigenvalue weighted by Gasteiger charge is 2.20. The maximum atomic E-state index is 12.3. The van der Waals surface area contributed by atoms with Crippen LogP contribution in [-0.2, 0) is 0 Å². The molecule has 0 aliphatic carbocycles. The van der Waals surface area contributed by atoms with Gasteiger partial charge < -0.3 is 4.90 Å². The van der Waals surface area contributed by atoms with Gasteiger partial charge >= 0.3 is 0 Å². The van der Waals surface area contributed by atoms with Crippen molar-refractivity contribution in [2.24, 2.45) is 0 Å². The molecular formula is C13H16INO. The van der Waals surface area contributed by atoms with Crippen LogP contribution >= 0.6 is 22.6 Å². The molecule has 1 aromatic carbocycles. The van der Waals surface area contributed by atoms with Crippen molar-refractivity contribution in [3.05, 3.63) is 32.9 Å². The average molecular weight is 329 g/mol. The molecule has 1 aliphatic rings. The quantitative estimate of drug-likeness (QED) is 0.725. The van der Waals surface area contributed by atoms with Crippen LogP contribution in [0.3, 0.4) is 0 Å². The number of nitrogens with zero attached hydrogens (tertiary/aromatic N) is 1. The fraction of sp³-hybridized carbons (Fsp3) is 0.462. The largest absolute Gasteiger partial charge is 0.339 e. The molecule has 0 aromatic heterocycles. The molecule has 2 nitrogen and oxygen atoms in total. The number of carbonyl (C=O) groups excluding carboxylic acids is 1. The zero-order chi connectivity index (χ0) is 11.5. The number of hydrogen-bond acceptors (Lipinski definition) is 1. The molecule has 0 N–H and O–H groups in total. The molecule has 86 valence electrons. The van der Waals surface area contributed by atoms with Crippen molar-refractivity contribution in [2.75, 3.05) is 13.1 Å². The van der Waals surface area contributed by atoms with Gasteiger partial charge in [0.25, 0.3) is 5.91 Å². The van der Waals surface area contributed by atoms with E-state index in [1.165, 1.54) is 12.0 Å². The lowest BCUT2D eigenvalue weighted by molar-refractivity contribution is 0.0723. The number of piperidine rings is 1. The van der Waals surface area contributed by atoms with Crippen molar-refractivity contribution in [2.45, 2.75) is 26.2 Å². The number of likely N-dealkylation sites (tertiary alicyclic amines) is 1. The van der Waals surface area contributed by atoms with E-state index in [-0.39, 0.29) is 5.91 Å². The molecule has 0 bridgehead atoms. The number of benzene rings is 1. The fourth-order valence-corrected chi connectivity index (χ4v) is 2.67. The van der Waals surface area contributed by atoms with E-state index in [0.29, 0.717) is 0 Å². The molecule has 16 heavy (non-hydrogen) atoms. The Morgan fingerprint density at radius 3 is 2.62 bits per heavy atom. The topological polar surface area (TPSA) is 20.3 Å². The summed E-state index contributed by atoms with van der Waals surface area (Å²) in [5.74, 6) is 0.202. The van der Waals surface area contributed by atoms with Gasteiger partial charge in [-0.3, -0.25) is 4.79 Å². The zero-order valence-electron chi connectivity index (χ0n) is 9.50. The van der Waals surface area contributed by atoms with Crippen molar-refractivity contribution in [3.63, 3.8) is 0 Å². The molecule has 1 saturated heterocycles. The standard InChI is InChI=1S/C13H16INO/c1-10-6-5-7-11(12(10)14)13(16)15-8-3-2-4-9-15/h5-7H,2-4,8-9H2,1H3. The first-order valence-electron chi connectivity index (χ1n) is 5.74. The molecule has 1 aliphatic heterocycles. The number of hydrogen-bond donors (Lipinski definition) is 0. The van der Waals surface area contributed by atoms with Crippen molar-refractivity contribution < 1.29 is 4.79 Å². The van der Waals surface area contributed by atoms with Crippen LogP contribution in [0.25, 0.3) is 0 Å². The average Bonchev–Trinajstić information content (AvgIpc) is 2.33. The van der Waals surface area contributed by atoms with E-state index in [0.717, 1.165) is 35.1 Å². The lowest BCUT2D eigenvalue weighted by Crippen LogP contribution is -2.36.